The number of aliphatic hydroxyl groups excluding tert-OH is 1. The maximum absolute atomic E-state index is 10.5. The predicted molar refractivity (Wildman–Crippen MR) is 61.4 cm³/mol. The molecule has 0 bridgehead atoms. The van der Waals surface area contributed by atoms with E-state index in [9.17, 15) is 15.2 Å². The lowest BCUT2D eigenvalue weighted by Gasteiger charge is -2.17. The third-order valence-electron chi connectivity index (χ3n) is 2.48. The van der Waals surface area contributed by atoms with Crippen molar-refractivity contribution in [3.63, 3.8) is 0 Å². The molecule has 1 aromatic heterocycles. The second kappa shape index (κ2) is 4.34. The number of pyridine rings is 1. The smallest absolute Gasteiger partial charge is 0.288 e. The third kappa shape index (κ3) is 2.14. The van der Waals surface area contributed by atoms with Crippen LogP contribution in [-0.2, 0) is 0 Å². The van der Waals surface area contributed by atoms with Gasteiger partial charge in [0.15, 0.2) is 0 Å². The van der Waals surface area contributed by atoms with Crippen molar-refractivity contribution >= 4 is 27.4 Å². The molecule has 1 atom stereocenters. The number of hydrogen-bond donors (Lipinski definition) is 1. The van der Waals surface area contributed by atoms with Crippen molar-refractivity contribution in [3.8, 4) is 0 Å². The van der Waals surface area contributed by atoms with E-state index in [2.05, 4.69) is 20.9 Å². The van der Waals surface area contributed by atoms with Gasteiger partial charge in [-0.15, -0.1) is 0 Å². The number of anilines is 1. The lowest BCUT2D eigenvalue weighted by atomic mass is 10.3. The summed E-state index contributed by atoms with van der Waals surface area (Å²) in [6.45, 7) is 1.23. The quantitative estimate of drug-likeness (QED) is 0.656. The Balaban J connectivity index is 2.26. The number of halogens is 1. The summed E-state index contributed by atoms with van der Waals surface area (Å²) in [5.74, 6) is 0.641. The Kier molecular flexibility index (Phi) is 3.06. The summed E-state index contributed by atoms with van der Waals surface area (Å²) >= 11 is 3.26. The van der Waals surface area contributed by atoms with Crippen molar-refractivity contribution in [1.29, 1.82) is 0 Å². The van der Waals surface area contributed by atoms with Gasteiger partial charge >= 0.3 is 0 Å². The van der Waals surface area contributed by atoms with Gasteiger partial charge in [0.25, 0.3) is 5.69 Å². The minimum absolute atomic E-state index is 0.0460. The molecule has 1 aliphatic heterocycles. The van der Waals surface area contributed by atoms with Crippen molar-refractivity contribution in [3.05, 3.63) is 26.9 Å². The largest absolute Gasteiger partial charge is 0.391 e. The summed E-state index contributed by atoms with van der Waals surface area (Å²) in [4.78, 5) is 16.0. The van der Waals surface area contributed by atoms with Crippen molar-refractivity contribution in [2.24, 2.45) is 0 Å². The van der Waals surface area contributed by atoms with Crippen molar-refractivity contribution < 1.29 is 10.0 Å². The Hall–Kier alpha value is -1.21. The summed E-state index contributed by atoms with van der Waals surface area (Å²) in [6, 6.07) is 1.42. The molecule has 1 aromatic rings. The molecular formula is C9H10BrN3O3. The van der Waals surface area contributed by atoms with Crippen LogP contribution in [0.1, 0.15) is 6.42 Å². The van der Waals surface area contributed by atoms with E-state index >= 15 is 0 Å². The van der Waals surface area contributed by atoms with Crippen LogP contribution in [0.15, 0.2) is 16.7 Å². The highest BCUT2D eigenvalue weighted by Gasteiger charge is 2.24. The number of hydrogen-bond acceptors (Lipinski definition) is 5. The molecule has 6 nitrogen and oxygen atoms in total. The molecule has 0 aliphatic carbocycles. The van der Waals surface area contributed by atoms with E-state index in [-0.39, 0.29) is 11.8 Å². The van der Waals surface area contributed by atoms with Gasteiger partial charge in [-0.3, -0.25) is 10.1 Å². The number of β-amino-alcohol motifs (C(OH)–C–C–N with tert-alkyl or cyclic N) is 1. The van der Waals surface area contributed by atoms with Gasteiger partial charge in [0.2, 0.25) is 0 Å². The molecule has 1 fully saturated rings. The average Bonchev–Trinajstić information content (AvgIpc) is 2.64. The highest BCUT2D eigenvalue weighted by Crippen LogP contribution is 2.29. The van der Waals surface area contributed by atoms with Gasteiger partial charge in [0.1, 0.15) is 12.0 Å². The molecule has 16 heavy (non-hydrogen) atoms. The molecule has 2 rings (SSSR count). The van der Waals surface area contributed by atoms with Crippen LogP contribution in [0.25, 0.3) is 0 Å². The van der Waals surface area contributed by atoms with Crippen LogP contribution in [0.4, 0.5) is 11.5 Å². The van der Waals surface area contributed by atoms with Crippen LogP contribution in [0.3, 0.4) is 0 Å². The zero-order chi connectivity index (χ0) is 11.7. The highest BCUT2D eigenvalue weighted by molar-refractivity contribution is 9.10. The Morgan fingerprint density at radius 3 is 2.94 bits per heavy atom. The fourth-order valence-electron chi connectivity index (χ4n) is 1.69. The fourth-order valence-corrected chi connectivity index (χ4v) is 2.28. The van der Waals surface area contributed by atoms with Gasteiger partial charge in [0.05, 0.1) is 15.5 Å². The van der Waals surface area contributed by atoms with Gasteiger partial charge < -0.3 is 10.0 Å². The lowest BCUT2D eigenvalue weighted by molar-refractivity contribution is -0.385. The van der Waals surface area contributed by atoms with E-state index in [1.54, 1.807) is 0 Å². The number of nitro groups is 1. The van der Waals surface area contributed by atoms with Gasteiger partial charge in [-0.05, 0) is 22.4 Å². The van der Waals surface area contributed by atoms with E-state index < -0.39 is 4.92 Å². The summed E-state index contributed by atoms with van der Waals surface area (Å²) in [5, 5.41) is 19.9. The summed E-state index contributed by atoms with van der Waals surface area (Å²) in [7, 11) is 0. The molecule has 86 valence electrons. The zero-order valence-electron chi connectivity index (χ0n) is 8.34. The maximum atomic E-state index is 10.5. The monoisotopic (exact) mass is 287 g/mol. The Morgan fingerprint density at radius 1 is 1.69 bits per heavy atom. The van der Waals surface area contributed by atoms with Crippen molar-refractivity contribution in [2.45, 2.75) is 12.5 Å². The van der Waals surface area contributed by atoms with Crippen molar-refractivity contribution in [1.82, 2.24) is 4.98 Å². The molecule has 1 N–H and O–H groups in total. The van der Waals surface area contributed by atoms with Gasteiger partial charge in [-0.2, -0.15) is 0 Å². The number of aliphatic hydroxyl groups is 1. The van der Waals surface area contributed by atoms with E-state index in [1.807, 2.05) is 4.90 Å². The SMILES string of the molecule is O=[N+]([O-])c1cnc(N2CC[C@@H](O)C2)c(Br)c1. The van der Waals surface area contributed by atoms with E-state index in [0.717, 1.165) is 0 Å². The molecule has 0 aromatic carbocycles. The van der Waals surface area contributed by atoms with Crippen molar-refractivity contribution in [2.75, 3.05) is 18.0 Å². The second-order valence-electron chi connectivity index (χ2n) is 3.64. The predicted octanol–water partition coefficient (Wildman–Crippen LogP) is 1.32. The number of aromatic nitrogens is 1. The number of rotatable bonds is 2. The van der Waals surface area contributed by atoms with E-state index in [0.29, 0.717) is 29.8 Å². The fraction of sp³-hybridized carbons (Fsp3) is 0.444. The molecule has 0 amide bonds. The normalized spacial score (nSPS) is 20.1. The first kappa shape index (κ1) is 11.3. The molecule has 2 heterocycles. The molecular weight excluding hydrogens is 278 g/mol. The summed E-state index contributed by atoms with van der Waals surface area (Å²) < 4.78 is 0.579. The molecule has 0 unspecified atom stereocenters. The molecule has 0 spiro atoms. The van der Waals surface area contributed by atoms with Gasteiger partial charge in [-0.25, -0.2) is 4.98 Å². The third-order valence-corrected chi connectivity index (χ3v) is 3.06. The molecule has 0 radical (unpaired) electrons. The Morgan fingerprint density at radius 2 is 2.44 bits per heavy atom. The second-order valence-corrected chi connectivity index (χ2v) is 4.50. The highest BCUT2D eigenvalue weighted by atomic mass is 79.9. The first-order valence-corrected chi connectivity index (χ1v) is 5.60. The standard InChI is InChI=1S/C9H10BrN3O3/c10-8-3-6(13(15)16)4-11-9(8)12-2-1-7(14)5-12/h3-4,7,14H,1-2,5H2/t7-/m1/s1. The maximum Gasteiger partial charge on any atom is 0.288 e. The van der Waals surface area contributed by atoms with Gasteiger partial charge in [-0.1, -0.05) is 0 Å². The zero-order valence-corrected chi connectivity index (χ0v) is 9.92. The van der Waals surface area contributed by atoms with Crippen LogP contribution in [-0.4, -0.2) is 34.2 Å². The molecule has 0 saturated carbocycles. The lowest BCUT2D eigenvalue weighted by Crippen LogP contribution is -2.22. The van der Waals surface area contributed by atoms with E-state index in [4.69, 9.17) is 0 Å². The first-order valence-electron chi connectivity index (χ1n) is 4.81. The molecule has 7 heteroatoms. The summed E-state index contributed by atoms with van der Waals surface area (Å²) in [6.07, 6.45) is 1.58. The van der Waals surface area contributed by atoms with Crippen LogP contribution in [0.5, 0.6) is 0 Å². The molecule has 1 aliphatic rings. The first-order chi connectivity index (χ1) is 7.58. The van der Waals surface area contributed by atoms with Crippen LogP contribution in [0, 0.1) is 10.1 Å². The number of nitrogens with zero attached hydrogens (tertiary/aromatic N) is 3. The average molecular weight is 288 g/mol. The molecule has 1 saturated heterocycles. The minimum Gasteiger partial charge on any atom is -0.391 e. The van der Waals surface area contributed by atoms with Crippen LogP contribution < -0.4 is 4.90 Å². The minimum atomic E-state index is -0.486. The van der Waals surface area contributed by atoms with E-state index in [1.165, 1.54) is 12.3 Å². The van der Waals surface area contributed by atoms with Gasteiger partial charge in [0, 0.05) is 19.2 Å². The Bertz CT molecular complexity index is 426. The summed E-state index contributed by atoms with van der Waals surface area (Å²) in [5.41, 5.74) is -0.0460. The Labute approximate surface area is 100 Å². The van der Waals surface area contributed by atoms with Crippen LogP contribution in [0.2, 0.25) is 0 Å². The van der Waals surface area contributed by atoms with Crippen LogP contribution >= 0.6 is 15.9 Å². The topological polar surface area (TPSA) is 79.5 Å².